The Morgan fingerprint density at radius 3 is 2.64 bits per heavy atom. The third kappa shape index (κ3) is 5.02. The molecule has 4 nitrogen and oxygen atoms in total. The van der Waals surface area contributed by atoms with E-state index in [0.29, 0.717) is 12.6 Å². The normalized spacial score (nSPS) is 16.0. The number of nitrogens with zero attached hydrogens (tertiary/aromatic N) is 2. The molecule has 1 aromatic carbocycles. The molecule has 0 saturated heterocycles. The van der Waals surface area contributed by atoms with Crippen molar-refractivity contribution in [1.82, 2.24) is 4.90 Å². The van der Waals surface area contributed by atoms with Gasteiger partial charge in [0.25, 0.3) is 0 Å². The van der Waals surface area contributed by atoms with Crippen molar-refractivity contribution in [2.24, 2.45) is 0 Å². The average molecular weight is 304 g/mol. The first-order chi connectivity index (χ1) is 10.6. The zero-order valence-electron chi connectivity index (χ0n) is 13.8. The molecule has 0 unspecified atom stereocenters. The predicted octanol–water partition coefficient (Wildman–Crippen LogP) is 3.36. The van der Waals surface area contributed by atoms with Crippen molar-refractivity contribution in [2.75, 3.05) is 25.5 Å². The van der Waals surface area contributed by atoms with Crippen molar-refractivity contribution in [3.8, 4) is 0 Å². The average Bonchev–Trinajstić information content (AvgIpc) is 2.53. The van der Waals surface area contributed by atoms with Gasteiger partial charge in [-0.1, -0.05) is 31.4 Å². The van der Waals surface area contributed by atoms with E-state index >= 15 is 0 Å². The summed E-state index contributed by atoms with van der Waals surface area (Å²) in [6.45, 7) is 1.37. The van der Waals surface area contributed by atoms with Crippen molar-refractivity contribution in [1.29, 1.82) is 0 Å². The minimum Gasteiger partial charge on any atom is -0.481 e. The van der Waals surface area contributed by atoms with Crippen LogP contribution in [0.1, 0.15) is 44.1 Å². The van der Waals surface area contributed by atoms with Gasteiger partial charge in [0.1, 0.15) is 0 Å². The maximum Gasteiger partial charge on any atom is 0.304 e. The Hall–Kier alpha value is -1.55. The van der Waals surface area contributed by atoms with Gasteiger partial charge in [0, 0.05) is 31.9 Å². The molecule has 2 rings (SSSR count). The molecule has 0 aliphatic heterocycles. The number of hydrogen-bond donors (Lipinski definition) is 1. The van der Waals surface area contributed by atoms with Gasteiger partial charge in [-0.2, -0.15) is 0 Å². The lowest BCUT2D eigenvalue weighted by molar-refractivity contribution is -0.137. The first kappa shape index (κ1) is 16.8. The molecule has 0 aromatic heterocycles. The molecule has 1 aromatic rings. The van der Waals surface area contributed by atoms with E-state index in [9.17, 15) is 4.79 Å². The van der Waals surface area contributed by atoms with Crippen molar-refractivity contribution >= 4 is 11.7 Å². The molecule has 0 atom stereocenters. The minimum atomic E-state index is -0.738. The van der Waals surface area contributed by atoms with Crippen LogP contribution >= 0.6 is 0 Å². The van der Waals surface area contributed by atoms with Crippen LogP contribution in [0.3, 0.4) is 0 Å². The highest BCUT2D eigenvalue weighted by atomic mass is 16.4. The smallest absolute Gasteiger partial charge is 0.304 e. The second-order valence-corrected chi connectivity index (χ2v) is 6.45. The van der Waals surface area contributed by atoms with E-state index in [0.717, 1.165) is 6.54 Å². The molecule has 4 heteroatoms. The van der Waals surface area contributed by atoms with Gasteiger partial charge in [0.15, 0.2) is 0 Å². The molecule has 0 bridgehead atoms. The van der Waals surface area contributed by atoms with Crippen molar-refractivity contribution in [3.63, 3.8) is 0 Å². The Bertz CT molecular complexity index is 484. The van der Waals surface area contributed by atoms with E-state index < -0.39 is 5.97 Å². The summed E-state index contributed by atoms with van der Waals surface area (Å²) in [6, 6.07) is 9.31. The summed E-state index contributed by atoms with van der Waals surface area (Å²) in [4.78, 5) is 15.1. The van der Waals surface area contributed by atoms with Crippen molar-refractivity contribution in [2.45, 2.75) is 51.1 Å². The third-order valence-electron chi connectivity index (χ3n) is 4.60. The number of rotatable bonds is 7. The Kier molecular flexibility index (Phi) is 6.25. The lowest BCUT2D eigenvalue weighted by Crippen LogP contribution is -2.33. The first-order valence-electron chi connectivity index (χ1n) is 8.28. The zero-order chi connectivity index (χ0) is 15.9. The highest BCUT2D eigenvalue weighted by Gasteiger charge is 2.18. The summed E-state index contributed by atoms with van der Waals surface area (Å²) >= 11 is 0. The Morgan fingerprint density at radius 1 is 1.23 bits per heavy atom. The van der Waals surface area contributed by atoms with Crippen LogP contribution in [0, 0.1) is 0 Å². The second kappa shape index (κ2) is 8.18. The van der Waals surface area contributed by atoms with E-state index in [2.05, 4.69) is 41.1 Å². The van der Waals surface area contributed by atoms with Crippen LogP contribution in [0.2, 0.25) is 0 Å². The van der Waals surface area contributed by atoms with Gasteiger partial charge >= 0.3 is 5.97 Å². The largest absolute Gasteiger partial charge is 0.481 e. The molecule has 1 saturated carbocycles. The lowest BCUT2D eigenvalue weighted by atomic mass is 9.94. The second-order valence-electron chi connectivity index (χ2n) is 6.45. The van der Waals surface area contributed by atoms with Crippen LogP contribution < -0.4 is 4.90 Å². The highest BCUT2D eigenvalue weighted by Crippen LogP contribution is 2.26. The maximum absolute atomic E-state index is 10.6. The summed E-state index contributed by atoms with van der Waals surface area (Å²) in [5.74, 6) is -0.738. The fraction of sp³-hybridized carbons (Fsp3) is 0.611. The molecule has 0 heterocycles. The van der Waals surface area contributed by atoms with Crippen LogP contribution in [0.5, 0.6) is 0 Å². The van der Waals surface area contributed by atoms with E-state index in [1.54, 1.807) is 0 Å². The number of benzene rings is 1. The fourth-order valence-corrected chi connectivity index (χ4v) is 3.23. The van der Waals surface area contributed by atoms with Gasteiger partial charge in [-0.15, -0.1) is 0 Å². The molecule has 1 aliphatic rings. The molecule has 122 valence electrons. The number of hydrogen-bond acceptors (Lipinski definition) is 3. The summed E-state index contributed by atoms with van der Waals surface area (Å²) in [5.41, 5.74) is 2.52. The molecular weight excluding hydrogens is 276 g/mol. The third-order valence-corrected chi connectivity index (χ3v) is 4.60. The van der Waals surface area contributed by atoms with E-state index in [4.69, 9.17) is 5.11 Å². The number of carboxylic acids is 1. The Balaban J connectivity index is 1.95. The van der Waals surface area contributed by atoms with Crippen LogP contribution in [0.15, 0.2) is 24.3 Å². The fourth-order valence-electron chi connectivity index (χ4n) is 3.23. The van der Waals surface area contributed by atoms with Gasteiger partial charge in [0.2, 0.25) is 0 Å². The molecule has 22 heavy (non-hydrogen) atoms. The number of anilines is 1. The van der Waals surface area contributed by atoms with E-state index in [1.165, 1.54) is 43.4 Å². The van der Waals surface area contributed by atoms with Gasteiger partial charge in [0.05, 0.1) is 6.42 Å². The lowest BCUT2D eigenvalue weighted by Gasteiger charge is -2.33. The highest BCUT2D eigenvalue weighted by molar-refractivity contribution is 5.66. The minimum absolute atomic E-state index is 0.193. The van der Waals surface area contributed by atoms with E-state index in [1.807, 2.05) is 7.05 Å². The summed E-state index contributed by atoms with van der Waals surface area (Å²) < 4.78 is 0. The van der Waals surface area contributed by atoms with Gasteiger partial charge < -0.3 is 14.9 Å². The van der Waals surface area contributed by atoms with Crippen LogP contribution in [-0.2, 0) is 11.3 Å². The molecule has 0 spiro atoms. The predicted molar refractivity (Wildman–Crippen MR) is 90.3 cm³/mol. The molecule has 0 radical (unpaired) electrons. The quantitative estimate of drug-likeness (QED) is 0.839. The molecule has 1 N–H and O–H groups in total. The summed E-state index contributed by atoms with van der Waals surface area (Å²) in [7, 11) is 4.17. The van der Waals surface area contributed by atoms with Gasteiger partial charge in [-0.05, 0) is 37.6 Å². The monoisotopic (exact) mass is 304 g/mol. The number of carbonyl (C=O) groups is 1. The van der Waals surface area contributed by atoms with Gasteiger partial charge in [-0.3, -0.25) is 4.79 Å². The van der Waals surface area contributed by atoms with Gasteiger partial charge in [-0.25, -0.2) is 0 Å². The van der Waals surface area contributed by atoms with Crippen molar-refractivity contribution in [3.05, 3.63) is 29.8 Å². The van der Waals surface area contributed by atoms with Crippen LogP contribution in [0.25, 0.3) is 0 Å². The molecule has 0 amide bonds. The number of aliphatic carboxylic acids is 1. The Morgan fingerprint density at radius 2 is 1.95 bits per heavy atom. The molecule has 1 fully saturated rings. The van der Waals surface area contributed by atoms with Crippen LogP contribution in [-0.4, -0.2) is 42.7 Å². The van der Waals surface area contributed by atoms with Crippen molar-refractivity contribution < 1.29 is 9.90 Å². The maximum atomic E-state index is 10.6. The number of carboxylic acid groups (broad SMARTS) is 1. The first-order valence-corrected chi connectivity index (χ1v) is 8.28. The Labute approximate surface area is 133 Å². The summed E-state index contributed by atoms with van der Waals surface area (Å²) in [6.07, 6.45) is 6.83. The molecular formula is C18H28N2O2. The SMILES string of the molecule is CN(CCC(=O)O)Cc1cccc(N(C)C2CCCCC2)c1. The van der Waals surface area contributed by atoms with Crippen LogP contribution in [0.4, 0.5) is 5.69 Å². The summed E-state index contributed by atoms with van der Waals surface area (Å²) in [5, 5.41) is 8.76. The molecule has 1 aliphatic carbocycles. The zero-order valence-corrected chi connectivity index (χ0v) is 13.8. The topological polar surface area (TPSA) is 43.8 Å². The standard InChI is InChI=1S/C18H28N2O2/c1-19(12-11-18(21)22)14-15-7-6-10-17(13-15)20(2)16-8-4-3-5-9-16/h6-7,10,13,16H,3-5,8-9,11-12,14H2,1-2H3,(H,21,22). The van der Waals surface area contributed by atoms with E-state index in [-0.39, 0.29) is 6.42 Å².